The zero-order valence-electron chi connectivity index (χ0n) is 9.18. The molecule has 2 amide bonds. The van der Waals surface area contributed by atoms with Crippen molar-refractivity contribution >= 4 is 12.3 Å². The molecule has 3 atom stereocenters. The second kappa shape index (κ2) is 7.65. The van der Waals surface area contributed by atoms with Crippen molar-refractivity contribution in [3.8, 4) is 0 Å². The number of hydrogen-bond donors (Lipinski definition) is 4. The summed E-state index contributed by atoms with van der Waals surface area (Å²) in [5.41, 5.74) is 0. The van der Waals surface area contributed by atoms with Gasteiger partial charge in [0.05, 0.1) is 24.0 Å². The van der Waals surface area contributed by atoms with Crippen molar-refractivity contribution in [2.75, 3.05) is 13.7 Å². The van der Waals surface area contributed by atoms with Crippen LogP contribution in [0.4, 0.5) is 4.79 Å². The minimum Gasteiger partial charge on any atom is -0.394 e. The van der Waals surface area contributed by atoms with Crippen LogP contribution in [0.5, 0.6) is 0 Å². The Morgan fingerprint density at radius 1 is 1.47 bits per heavy atom. The van der Waals surface area contributed by atoms with Gasteiger partial charge >= 0.3 is 6.03 Å². The fourth-order valence-corrected chi connectivity index (χ4v) is 0.977. The van der Waals surface area contributed by atoms with Crippen molar-refractivity contribution < 1.29 is 24.9 Å². The van der Waals surface area contributed by atoms with E-state index in [1.54, 1.807) is 0 Å². The van der Waals surface area contributed by atoms with Gasteiger partial charge in [-0.1, -0.05) is 0 Å². The minimum absolute atomic E-state index is 0.288. The van der Waals surface area contributed by atoms with E-state index in [0.717, 1.165) is 7.05 Å². The van der Waals surface area contributed by atoms with Crippen LogP contribution in [0.25, 0.3) is 0 Å². The Bertz CT molecular complexity index is 274. The van der Waals surface area contributed by atoms with Gasteiger partial charge in [-0.3, -0.25) is 0 Å². The van der Waals surface area contributed by atoms with Crippen LogP contribution in [0.3, 0.4) is 0 Å². The highest BCUT2D eigenvalue weighted by atomic mass is 16.4. The quantitative estimate of drug-likeness (QED) is 0.233. The van der Waals surface area contributed by atoms with Crippen LogP contribution >= 0.6 is 0 Å². The molecular formula is C8H15N3O6. The molecule has 0 saturated heterocycles. The highest BCUT2D eigenvalue weighted by Crippen LogP contribution is 2.02. The lowest BCUT2D eigenvalue weighted by Crippen LogP contribution is -2.45. The number of amides is 2. The molecule has 9 nitrogen and oxygen atoms in total. The molecule has 0 unspecified atom stereocenters. The first kappa shape index (κ1) is 15.4. The Hall–Kier alpha value is -1.58. The van der Waals surface area contributed by atoms with E-state index in [9.17, 15) is 19.6 Å². The molecule has 0 aliphatic rings. The van der Waals surface area contributed by atoms with Crippen LogP contribution in [0, 0.1) is 4.91 Å². The number of carbonyl (C=O) groups is 2. The van der Waals surface area contributed by atoms with E-state index in [-0.39, 0.29) is 6.42 Å². The average molecular weight is 249 g/mol. The molecule has 0 aromatic heterocycles. The topological polar surface area (TPSA) is 140 Å². The molecule has 0 aliphatic heterocycles. The van der Waals surface area contributed by atoms with Crippen molar-refractivity contribution in [1.82, 2.24) is 10.3 Å². The van der Waals surface area contributed by atoms with Gasteiger partial charge in [0.15, 0.2) is 0 Å². The maximum Gasteiger partial charge on any atom is 0.340 e. The molecule has 0 bridgehead atoms. The third-order valence-corrected chi connectivity index (χ3v) is 2.02. The van der Waals surface area contributed by atoms with Gasteiger partial charge in [0, 0.05) is 13.5 Å². The van der Waals surface area contributed by atoms with E-state index >= 15 is 0 Å². The maximum atomic E-state index is 11.1. The summed E-state index contributed by atoms with van der Waals surface area (Å²) in [5, 5.41) is 31.8. The molecule has 0 saturated carbocycles. The maximum absolute atomic E-state index is 11.1. The standard InChI is InChI=1S/C8H15N3O6/c1-11(10-17)8(16)9-5(3-12)2-6(14)7(15)4-13/h3,5-7,13-15H,2,4H2,1H3,(H,9,16)/t5-,6+,7-/m1/s1. The zero-order valence-corrected chi connectivity index (χ0v) is 9.18. The summed E-state index contributed by atoms with van der Waals surface area (Å²) in [6.07, 6.45) is -2.73. The molecular weight excluding hydrogens is 234 g/mol. The lowest BCUT2D eigenvalue weighted by Gasteiger charge is -2.20. The van der Waals surface area contributed by atoms with E-state index in [2.05, 4.69) is 10.6 Å². The smallest absolute Gasteiger partial charge is 0.340 e. The summed E-state index contributed by atoms with van der Waals surface area (Å²) in [4.78, 5) is 31.7. The van der Waals surface area contributed by atoms with Crippen molar-refractivity contribution in [3.63, 3.8) is 0 Å². The van der Waals surface area contributed by atoms with Gasteiger partial charge in [0.1, 0.15) is 12.4 Å². The molecule has 0 fully saturated rings. The SMILES string of the molecule is CN(N=O)C(=O)N[C@@H](C=O)C[C@H](O)[C@H](O)CO. The van der Waals surface area contributed by atoms with Crippen LogP contribution < -0.4 is 5.32 Å². The molecule has 0 aromatic carbocycles. The van der Waals surface area contributed by atoms with Gasteiger partial charge in [0.2, 0.25) is 0 Å². The van der Waals surface area contributed by atoms with Crippen LogP contribution in [0.1, 0.15) is 6.42 Å². The fourth-order valence-electron chi connectivity index (χ4n) is 0.977. The molecule has 9 heteroatoms. The second-order valence-electron chi connectivity index (χ2n) is 3.35. The first-order chi connectivity index (χ1) is 7.96. The van der Waals surface area contributed by atoms with Crippen molar-refractivity contribution in [3.05, 3.63) is 4.91 Å². The van der Waals surface area contributed by atoms with Gasteiger partial charge in [-0.2, -0.15) is 5.01 Å². The molecule has 4 N–H and O–H groups in total. The monoisotopic (exact) mass is 249 g/mol. The molecule has 17 heavy (non-hydrogen) atoms. The van der Waals surface area contributed by atoms with E-state index in [1.807, 2.05) is 0 Å². The Morgan fingerprint density at radius 2 is 2.06 bits per heavy atom. The molecule has 0 aromatic rings. The highest BCUT2D eigenvalue weighted by molar-refractivity contribution is 5.77. The number of nitrogens with one attached hydrogen (secondary N) is 1. The first-order valence-electron chi connectivity index (χ1n) is 4.76. The number of aldehydes is 1. The van der Waals surface area contributed by atoms with Crippen molar-refractivity contribution in [2.45, 2.75) is 24.7 Å². The minimum atomic E-state index is -1.41. The Balaban J connectivity index is 4.30. The normalized spacial score (nSPS) is 15.5. The lowest BCUT2D eigenvalue weighted by atomic mass is 10.1. The van der Waals surface area contributed by atoms with Gasteiger partial charge in [-0.15, -0.1) is 4.91 Å². The number of aliphatic hydroxyl groups excluding tert-OH is 3. The Morgan fingerprint density at radius 3 is 2.47 bits per heavy atom. The Kier molecular flexibility index (Phi) is 6.94. The van der Waals surface area contributed by atoms with E-state index < -0.39 is 30.9 Å². The summed E-state index contributed by atoms with van der Waals surface area (Å²) in [6, 6.07) is -2.01. The summed E-state index contributed by atoms with van der Waals surface area (Å²) >= 11 is 0. The summed E-state index contributed by atoms with van der Waals surface area (Å²) in [7, 11) is 1.09. The van der Waals surface area contributed by atoms with E-state index in [0.29, 0.717) is 11.3 Å². The summed E-state index contributed by atoms with van der Waals surface area (Å²) in [5.74, 6) is 0. The van der Waals surface area contributed by atoms with Gasteiger partial charge < -0.3 is 25.4 Å². The van der Waals surface area contributed by atoms with Crippen LogP contribution in [-0.2, 0) is 4.79 Å². The molecule has 0 spiro atoms. The number of aliphatic hydroxyl groups is 3. The number of nitrogens with zero attached hydrogens (tertiary/aromatic N) is 2. The van der Waals surface area contributed by atoms with Gasteiger partial charge in [-0.25, -0.2) is 4.79 Å². The number of nitroso groups, excluding NO2 is 1. The molecule has 0 radical (unpaired) electrons. The van der Waals surface area contributed by atoms with Crippen molar-refractivity contribution in [2.24, 2.45) is 5.29 Å². The van der Waals surface area contributed by atoms with E-state index in [1.165, 1.54) is 0 Å². The predicted molar refractivity (Wildman–Crippen MR) is 55.7 cm³/mol. The number of hydrogen-bond acceptors (Lipinski definition) is 7. The van der Waals surface area contributed by atoms with Crippen LogP contribution in [-0.4, -0.2) is 64.6 Å². The number of rotatable bonds is 7. The highest BCUT2D eigenvalue weighted by Gasteiger charge is 2.22. The zero-order chi connectivity index (χ0) is 13.4. The molecule has 98 valence electrons. The summed E-state index contributed by atoms with van der Waals surface area (Å²) in [6.45, 7) is -0.670. The van der Waals surface area contributed by atoms with Crippen LogP contribution in [0.2, 0.25) is 0 Å². The third-order valence-electron chi connectivity index (χ3n) is 2.02. The van der Waals surface area contributed by atoms with Crippen LogP contribution in [0.15, 0.2) is 5.29 Å². The summed E-state index contributed by atoms with van der Waals surface area (Å²) < 4.78 is 0. The predicted octanol–water partition coefficient (Wildman–Crippen LogP) is -2.02. The van der Waals surface area contributed by atoms with Gasteiger partial charge in [0.25, 0.3) is 0 Å². The first-order valence-corrected chi connectivity index (χ1v) is 4.76. The molecule has 0 aliphatic carbocycles. The number of urea groups is 1. The molecule has 0 rings (SSSR count). The second-order valence-corrected chi connectivity index (χ2v) is 3.35. The average Bonchev–Trinajstić information content (AvgIpc) is 2.35. The third kappa shape index (κ3) is 5.33. The molecule has 0 heterocycles. The fraction of sp³-hybridized carbons (Fsp3) is 0.750. The van der Waals surface area contributed by atoms with Crippen molar-refractivity contribution in [1.29, 1.82) is 0 Å². The van der Waals surface area contributed by atoms with Gasteiger partial charge in [-0.05, 0) is 0 Å². The van der Waals surface area contributed by atoms with E-state index in [4.69, 9.17) is 10.2 Å². The Labute approximate surface area is 97.0 Å². The lowest BCUT2D eigenvalue weighted by molar-refractivity contribution is -0.110. The largest absolute Gasteiger partial charge is 0.394 e. The number of carbonyl (C=O) groups excluding carboxylic acids is 2.